The molecule has 0 fully saturated rings. The van der Waals surface area contributed by atoms with Crippen LogP contribution in [0.3, 0.4) is 0 Å². The third-order valence-corrected chi connectivity index (χ3v) is 4.01. The van der Waals surface area contributed by atoms with Gasteiger partial charge in [-0.2, -0.15) is 0 Å². The molecule has 0 aromatic heterocycles. The van der Waals surface area contributed by atoms with Crippen molar-refractivity contribution in [2.45, 2.75) is 0 Å². The van der Waals surface area contributed by atoms with Gasteiger partial charge in [0.25, 0.3) is 0 Å². The lowest BCUT2D eigenvalue weighted by Crippen LogP contribution is -2.24. The van der Waals surface area contributed by atoms with Gasteiger partial charge < -0.3 is 20.7 Å². The summed E-state index contributed by atoms with van der Waals surface area (Å²) in [6, 6.07) is 12.0. The number of fused-ring (bicyclic) bond motifs is 1. The molecule has 0 radical (unpaired) electrons. The van der Waals surface area contributed by atoms with Crippen LogP contribution in [-0.2, 0) is 4.79 Å². The van der Waals surface area contributed by atoms with Gasteiger partial charge in [0.15, 0.2) is 0 Å². The van der Waals surface area contributed by atoms with Crippen molar-refractivity contribution in [2.24, 2.45) is 0 Å². The van der Waals surface area contributed by atoms with Gasteiger partial charge in [0.1, 0.15) is 12.4 Å². The van der Waals surface area contributed by atoms with Gasteiger partial charge in [-0.1, -0.05) is 23.7 Å². The zero-order valence-electron chi connectivity index (χ0n) is 14.6. The Bertz CT molecular complexity index is 938. The van der Waals surface area contributed by atoms with Crippen LogP contribution in [0.1, 0.15) is 5.56 Å². The molecule has 6 nitrogen and oxygen atoms in total. The number of hydrogen-bond acceptors (Lipinski definition) is 3. The Labute approximate surface area is 161 Å². The van der Waals surface area contributed by atoms with Crippen LogP contribution in [0.25, 0.3) is 6.08 Å². The lowest BCUT2D eigenvalue weighted by molar-refractivity contribution is -0.111. The number of urea groups is 1. The smallest absolute Gasteiger partial charge is 0.318 e. The lowest BCUT2D eigenvalue weighted by atomic mass is 10.1. The van der Waals surface area contributed by atoms with E-state index in [4.69, 9.17) is 16.3 Å². The number of carbonyl (C=O) groups excluding carboxylic acids is 2. The van der Waals surface area contributed by atoms with Gasteiger partial charge in [-0.15, -0.1) is 0 Å². The third kappa shape index (κ3) is 5.12. The van der Waals surface area contributed by atoms with Crippen LogP contribution in [0.5, 0.6) is 5.75 Å². The van der Waals surface area contributed by atoms with Crippen molar-refractivity contribution in [3.05, 3.63) is 70.8 Å². The number of halogens is 1. The molecular formula is C20H18ClN3O3. The summed E-state index contributed by atoms with van der Waals surface area (Å²) in [5, 5.41) is 8.49. The van der Waals surface area contributed by atoms with Crippen LogP contribution >= 0.6 is 11.6 Å². The summed E-state index contributed by atoms with van der Waals surface area (Å²) in [6.07, 6.45) is 5.07. The second-order valence-corrected chi connectivity index (χ2v) is 6.23. The summed E-state index contributed by atoms with van der Waals surface area (Å²) in [4.78, 5) is 23.5. The Balaban J connectivity index is 1.64. The number of benzene rings is 2. The molecule has 0 atom stereocenters. The highest BCUT2D eigenvalue weighted by molar-refractivity contribution is 6.30. The fourth-order valence-corrected chi connectivity index (χ4v) is 2.68. The fraction of sp³-hybridized carbons (Fsp3) is 0.100. The van der Waals surface area contributed by atoms with Crippen LogP contribution in [0, 0.1) is 0 Å². The summed E-state index contributed by atoms with van der Waals surface area (Å²) in [5.41, 5.74) is 2.88. The monoisotopic (exact) mass is 383 g/mol. The van der Waals surface area contributed by atoms with E-state index >= 15 is 0 Å². The van der Waals surface area contributed by atoms with Gasteiger partial charge in [-0.05, 0) is 48.0 Å². The molecule has 3 amide bonds. The number of carbonyl (C=O) groups is 2. The van der Waals surface area contributed by atoms with E-state index in [1.54, 1.807) is 36.4 Å². The summed E-state index contributed by atoms with van der Waals surface area (Å²) in [6.45, 7) is 0.379. The quantitative estimate of drug-likeness (QED) is 0.696. The first-order chi connectivity index (χ1) is 13.0. The van der Waals surface area contributed by atoms with Crippen LogP contribution in [0.2, 0.25) is 5.02 Å². The van der Waals surface area contributed by atoms with Crippen molar-refractivity contribution in [2.75, 3.05) is 24.3 Å². The van der Waals surface area contributed by atoms with Crippen molar-refractivity contribution in [3.8, 4) is 5.75 Å². The molecule has 2 aromatic carbocycles. The van der Waals surface area contributed by atoms with E-state index < -0.39 is 0 Å². The predicted octanol–water partition coefficient (Wildman–Crippen LogP) is 4.06. The molecule has 2 aromatic rings. The molecule has 0 saturated carbocycles. The molecule has 3 N–H and O–H groups in total. The molecule has 138 valence electrons. The van der Waals surface area contributed by atoms with Crippen LogP contribution in [-0.4, -0.2) is 25.6 Å². The summed E-state index contributed by atoms with van der Waals surface area (Å²) in [7, 11) is 1.53. The van der Waals surface area contributed by atoms with Crippen LogP contribution in [0.15, 0.2) is 60.2 Å². The maximum absolute atomic E-state index is 12.2. The van der Waals surface area contributed by atoms with Crippen molar-refractivity contribution in [1.82, 2.24) is 5.32 Å². The molecule has 27 heavy (non-hydrogen) atoms. The molecule has 1 heterocycles. The van der Waals surface area contributed by atoms with Gasteiger partial charge in [-0.25, -0.2) is 4.79 Å². The highest BCUT2D eigenvalue weighted by Crippen LogP contribution is 2.29. The Morgan fingerprint density at radius 1 is 1.11 bits per heavy atom. The Hall–Kier alpha value is -3.25. The molecule has 0 bridgehead atoms. The van der Waals surface area contributed by atoms with Gasteiger partial charge in [-0.3, -0.25) is 4.79 Å². The van der Waals surface area contributed by atoms with Crippen molar-refractivity contribution in [3.63, 3.8) is 0 Å². The average molecular weight is 384 g/mol. The standard InChI is InChI=1S/C20H18ClN3O3/c1-22-20(26)24-17-4-2-3-16(11-17)23-19(25)8-5-13-9-14-10-15(21)6-7-18(14)27-12-13/h2-11H,12H2,1H3,(H,23,25)(H2,22,24,26)/b8-5+. The zero-order valence-corrected chi connectivity index (χ0v) is 15.3. The molecule has 0 spiro atoms. The first-order valence-electron chi connectivity index (χ1n) is 8.24. The number of hydrogen-bond donors (Lipinski definition) is 3. The summed E-state index contributed by atoms with van der Waals surface area (Å²) >= 11 is 6.00. The first-order valence-corrected chi connectivity index (χ1v) is 8.62. The van der Waals surface area contributed by atoms with Crippen LogP contribution < -0.4 is 20.7 Å². The van der Waals surface area contributed by atoms with Crippen molar-refractivity contribution in [1.29, 1.82) is 0 Å². The molecule has 0 saturated heterocycles. The maximum Gasteiger partial charge on any atom is 0.318 e. The number of amides is 3. The van der Waals surface area contributed by atoms with E-state index in [-0.39, 0.29) is 11.9 Å². The normalized spacial score (nSPS) is 12.6. The molecule has 7 heteroatoms. The summed E-state index contributed by atoms with van der Waals surface area (Å²) in [5.74, 6) is 0.478. The van der Waals surface area contributed by atoms with Crippen LogP contribution in [0.4, 0.5) is 16.2 Å². The van der Waals surface area contributed by atoms with Gasteiger partial charge in [0.05, 0.1) is 0 Å². The van der Waals surface area contributed by atoms with Crippen molar-refractivity contribution >= 4 is 41.0 Å². The van der Waals surface area contributed by atoms with Gasteiger partial charge >= 0.3 is 6.03 Å². The van der Waals surface area contributed by atoms with E-state index in [1.165, 1.54) is 13.1 Å². The number of rotatable bonds is 4. The highest BCUT2D eigenvalue weighted by Gasteiger charge is 2.10. The van der Waals surface area contributed by atoms with E-state index in [1.807, 2.05) is 18.2 Å². The van der Waals surface area contributed by atoms with E-state index in [9.17, 15) is 9.59 Å². The SMILES string of the molecule is CNC(=O)Nc1cccc(NC(=O)/C=C/C2=Cc3cc(Cl)ccc3OC2)c1. The Morgan fingerprint density at radius 3 is 2.67 bits per heavy atom. The summed E-state index contributed by atoms with van der Waals surface area (Å²) < 4.78 is 5.65. The molecule has 0 unspecified atom stereocenters. The highest BCUT2D eigenvalue weighted by atomic mass is 35.5. The van der Waals surface area contributed by atoms with Gasteiger partial charge in [0.2, 0.25) is 5.91 Å². The minimum absolute atomic E-state index is 0.287. The maximum atomic E-state index is 12.2. The molecule has 3 rings (SSSR count). The van der Waals surface area contributed by atoms with E-state index in [2.05, 4.69) is 16.0 Å². The minimum atomic E-state index is -0.331. The topological polar surface area (TPSA) is 79.5 Å². The number of nitrogens with one attached hydrogen (secondary N) is 3. The fourth-order valence-electron chi connectivity index (χ4n) is 2.50. The lowest BCUT2D eigenvalue weighted by Gasteiger charge is -2.16. The number of anilines is 2. The Kier molecular flexibility index (Phi) is 5.78. The molecule has 1 aliphatic rings. The third-order valence-electron chi connectivity index (χ3n) is 3.77. The van der Waals surface area contributed by atoms with Gasteiger partial charge in [0, 0.05) is 35.1 Å². The molecular weight excluding hydrogens is 366 g/mol. The minimum Gasteiger partial charge on any atom is -0.488 e. The average Bonchev–Trinajstić information content (AvgIpc) is 2.66. The largest absolute Gasteiger partial charge is 0.488 e. The van der Waals surface area contributed by atoms with E-state index in [0.717, 1.165) is 16.9 Å². The second-order valence-electron chi connectivity index (χ2n) is 5.80. The number of ether oxygens (including phenoxy) is 1. The van der Waals surface area contributed by atoms with E-state index in [0.29, 0.717) is 23.0 Å². The Morgan fingerprint density at radius 2 is 1.89 bits per heavy atom. The second kappa shape index (κ2) is 8.42. The zero-order chi connectivity index (χ0) is 19.2. The first kappa shape index (κ1) is 18.5. The molecule has 0 aliphatic carbocycles. The predicted molar refractivity (Wildman–Crippen MR) is 107 cm³/mol. The van der Waals surface area contributed by atoms with Crippen molar-refractivity contribution < 1.29 is 14.3 Å². The molecule has 1 aliphatic heterocycles.